The van der Waals surface area contributed by atoms with Gasteiger partial charge in [-0.2, -0.15) is 0 Å². The van der Waals surface area contributed by atoms with Crippen LogP contribution in [0.4, 0.5) is 15.2 Å². The number of aromatic nitrogens is 2. The van der Waals surface area contributed by atoms with E-state index in [9.17, 15) is 14.3 Å². The normalized spacial score (nSPS) is 11.2. The summed E-state index contributed by atoms with van der Waals surface area (Å²) in [6.07, 6.45) is 5.18. The molecule has 0 aliphatic carbocycles. The van der Waals surface area contributed by atoms with Gasteiger partial charge in [-0.1, -0.05) is 37.5 Å². The first-order valence-corrected chi connectivity index (χ1v) is 11.0. The van der Waals surface area contributed by atoms with Gasteiger partial charge in [0.25, 0.3) is 0 Å². The molecule has 0 saturated heterocycles. The van der Waals surface area contributed by atoms with Gasteiger partial charge in [0.2, 0.25) is 5.13 Å². The Bertz CT molecular complexity index is 1250. The van der Waals surface area contributed by atoms with E-state index in [0.717, 1.165) is 36.6 Å². The maximum atomic E-state index is 13.1. The topological polar surface area (TPSA) is 88.3 Å². The first kappa shape index (κ1) is 21.0. The van der Waals surface area contributed by atoms with Gasteiger partial charge in [0, 0.05) is 17.1 Å². The third-order valence-corrected chi connectivity index (χ3v) is 5.86. The van der Waals surface area contributed by atoms with Crippen LogP contribution in [0.3, 0.4) is 0 Å². The van der Waals surface area contributed by atoms with E-state index < -0.39 is 5.63 Å². The fourth-order valence-electron chi connectivity index (χ4n) is 3.33. The smallest absolute Gasteiger partial charge is 0.346 e. The van der Waals surface area contributed by atoms with E-state index in [4.69, 9.17) is 4.42 Å². The van der Waals surface area contributed by atoms with Crippen LogP contribution in [0.1, 0.15) is 38.2 Å². The highest BCUT2D eigenvalue weighted by atomic mass is 32.1. The van der Waals surface area contributed by atoms with Gasteiger partial charge in [-0.05, 0) is 54.8 Å². The maximum absolute atomic E-state index is 13.1. The summed E-state index contributed by atoms with van der Waals surface area (Å²) in [6.45, 7) is 2.16. The molecule has 0 aliphatic rings. The molecule has 2 N–H and O–H groups in total. The van der Waals surface area contributed by atoms with Crippen molar-refractivity contribution in [3.05, 3.63) is 64.3 Å². The highest BCUT2D eigenvalue weighted by molar-refractivity contribution is 7.18. The Labute approximate surface area is 182 Å². The van der Waals surface area contributed by atoms with Crippen LogP contribution in [0, 0.1) is 5.82 Å². The fraction of sp³-hybridized carbons (Fsp3) is 0.261. The monoisotopic (exact) mass is 439 g/mol. The van der Waals surface area contributed by atoms with Gasteiger partial charge in [0.05, 0.1) is 5.56 Å². The third kappa shape index (κ3) is 4.91. The Kier molecular flexibility index (Phi) is 6.27. The van der Waals surface area contributed by atoms with Crippen LogP contribution in [0.5, 0.6) is 5.75 Å². The minimum atomic E-state index is -0.549. The van der Waals surface area contributed by atoms with Crippen molar-refractivity contribution in [2.75, 3.05) is 5.32 Å². The van der Waals surface area contributed by atoms with E-state index in [1.54, 1.807) is 18.2 Å². The van der Waals surface area contributed by atoms with Crippen molar-refractivity contribution in [3.8, 4) is 16.3 Å². The van der Waals surface area contributed by atoms with Crippen molar-refractivity contribution in [1.29, 1.82) is 0 Å². The molecule has 31 heavy (non-hydrogen) atoms. The van der Waals surface area contributed by atoms with Gasteiger partial charge in [0.15, 0.2) is 5.01 Å². The molecule has 4 aromatic rings. The lowest BCUT2D eigenvalue weighted by atomic mass is 10.0. The van der Waals surface area contributed by atoms with E-state index >= 15 is 0 Å². The number of halogens is 1. The van der Waals surface area contributed by atoms with Gasteiger partial charge in [-0.3, -0.25) is 0 Å². The molecule has 0 atom stereocenters. The molecule has 2 heterocycles. The van der Waals surface area contributed by atoms with Crippen LogP contribution >= 0.6 is 11.3 Å². The molecule has 0 radical (unpaired) electrons. The molecule has 2 aromatic carbocycles. The molecule has 160 valence electrons. The predicted octanol–water partition coefficient (Wildman–Crippen LogP) is 6.02. The number of anilines is 2. The van der Waals surface area contributed by atoms with Crippen LogP contribution in [0.15, 0.2) is 51.7 Å². The second-order valence-electron chi connectivity index (χ2n) is 7.32. The zero-order valence-electron chi connectivity index (χ0n) is 17.0. The summed E-state index contributed by atoms with van der Waals surface area (Å²) in [5, 5.41) is 23.1. The van der Waals surface area contributed by atoms with Crippen molar-refractivity contribution >= 4 is 33.1 Å². The largest absolute Gasteiger partial charge is 0.508 e. The molecule has 6 nitrogen and oxygen atoms in total. The summed E-state index contributed by atoms with van der Waals surface area (Å²) in [5.74, 6) is -0.186. The van der Waals surface area contributed by atoms with Crippen molar-refractivity contribution in [2.24, 2.45) is 0 Å². The predicted molar refractivity (Wildman–Crippen MR) is 121 cm³/mol. The number of aromatic hydroxyl groups is 1. The van der Waals surface area contributed by atoms with Crippen LogP contribution < -0.4 is 10.9 Å². The minimum absolute atomic E-state index is 0.140. The van der Waals surface area contributed by atoms with Gasteiger partial charge in [0.1, 0.15) is 17.1 Å². The second kappa shape index (κ2) is 9.26. The number of rotatable bonds is 8. The van der Waals surface area contributed by atoms with Gasteiger partial charge in [-0.15, -0.1) is 10.2 Å². The number of phenolic OH excluding ortho intramolecular Hbond substituents is 1. The Morgan fingerprint density at radius 3 is 2.68 bits per heavy atom. The number of nitrogens with zero attached hydrogens (tertiary/aromatic N) is 2. The van der Waals surface area contributed by atoms with E-state index in [0.29, 0.717) is 27.0 Å². The highest BCUT2D eigenvalue weighted by Gasteiger charge is 2.15. The maximum Gasteiger partial charge on any atom is 0.346 e. The zero-order valence-corrected chi connectivity index (χ0v) is 17.8. The number of phenols is 1. The lowest BCUT2D eigenvalue weighted by Gasteiger charge is -2.07. The number of nitrogens with one attached hydrogen (secondary N) is 1. The standard InChI is InChI=1S/C23H22FN3O3S/c1-2-3-4-5-6-14-11-15-12-18(22(29)30-20(15)13-19(14)28)21-26-27-23(31-21)25-17-9-7-16(24)8-10-17/h7-13,28H,2-6H2,1H3,(H,25,27). The van der Waals surface area contributed by atoms with E-state index in [1.807, 2.05) is 6.07 Å². The second-order valence-corrected chi connectivity index (χ2v) is 8.30. The van der Waals surface area contributed by atoms with Crippen molar-refractivity contribution in [3.63, 3.8) is 0 Å². The molecular weight excluding hydrogens is 417 g/mol. The van der Waals surface area contributed by atoms with Crippen LogP contribution in [0.25, 0.3) is 21.5 Å². The summed E-state index contributed by atoms with van der Waals surface area (Å²) in [4.78, 5) is 12.5. The molecule has 8 heteroatoms. The lowest BCUT2D eigenvalue weighted by molar-refractivity contribution is 0.464. The summed E-state index contributed by atoms with van der Waals surface area (Å²) >= 11 is 1.20. The Balaban J connectivity index is 1.60. The average molecular weight is 440 g/mol. The SMILES string of the molecule is CCCCCCc1cc2cc(-c3nnc(Nc4ccc(F)cc4)s3)c(=O)oc2cc1O. The minimum Gasteiger partial charge on any atom is -0.508 e. The van der Waals surface area contributed by atoms with Crippen LogP contribution in [-0.2, 0) is 6.42 Å². The molecule has 0 bridgehead atoms. The number of hydrogen-bond acceptors (Lipinski definition) is 7. The Hall–Kier alpha value is -3.26. The number of fused-ring (bicyclic) bond motifs is 1. The highest BCUT2D eigenvalue weighted by Crippen LogP contribution is 2.31. The first-order chi connectivity index (χ1) is 15.0. The Morgan fingerprint density at radius 1 is 1.10 bits per heavy atom. The zero-order chi connectivity index (χ0) is 21.8. The molecule has 0 saturated carbocycles. The summed E-state index contributed by atoms with van der Waals surface area (Å²) in [6, 6.07) is 11.0. The summed E-state index contributed by atoms with van der Waals surface area (Å²) in [5.41, 5.74) is 1.58. The van der Waals surface area contributed by atoms with Crippen LogP contribution in [0.2, 0.25) is 0 Å². The molecule has 0 amide bonds. The summed E-state index contributed by atoms with van der Waals surface area (Å²) in [7, 11) is 0. The number of benzene rings is 2. The number of aryl methyl sites for hydroxylation is 1. The van der Waals surface area contributed by atoms with E-state index in [1.165, 1.54) is 36.0 Å². The Morgan fingerprint density at radius 2 is 1.90 bits per heavy atom. The quantitative estimate of drug-likeness (QED) is 0.258. The van der Waals surface area contributed by atoms with Crippen molar-refractivity contribution in [2.45, 2.75) is 39.0 Å². The molecular formula is C23H22FN3O3S. The first-order valence-electron chi connectivity index (χ1n) is 10.2. The van der Waals surface area contributed by atoms with Gasteiger partial charge in [-0.25, -0.2) is 9.18 Å². The number of hydrogen-bond donors (Lipinski definition) is 2. The molecule has 0 fully saturated rings. The van der Waals surface area contributed by atoms with Gasteiger partial charge >= 0.3 is 5.63 Å². The molecule has 4 rings (SSSR count). The molecule has 2 aromatic heterocycles. The third-order valence-electron chi connectivity index (χ3n) is 4.98. The average Bonchev–Trinajstić information content (AvgIpc) is 3.21. The van der Waals surface area contributed by atoms with Crippen molar-refractivity contribution in [1.82, 2.24) is 10.2 Å². The number of unbranched alkanes of at least 4 members (excludes halogenated alkanes) is 3. The van der Waals surface area contributed by atoms with Gasteiger partial charge < -0.3 is 14.8 Å². The fourth-order valence-corrected chi connectivity index (χ4v) is 4.10. The lowest BCUT2D eigenvalue weighted by Crippen LogP contribution is -2.02. The summed E-state index contributed by atoms with van der Waals surface area (Å²) < 4.78 is 18.5. The molecule has 0 unspecified atom stereocenters. The van der Waals surface area contributed by atoms with E-state index in [-0.39, 0.29) is 11.6 Å². The molecule has 0 aliphatic heterocycles. The van der Waals surface area contributed by atoms with Crippen molar-refractivity contribution < 1.29 is 13.9 Å². The van der Waals surface area contributed by atoms with E-state index in [2.05, 4.69) is 22.4 Å². The molecule has 0 spiro atoms. The van der Waals surface area contributed by atoms with Crippen LogP contribution in [-0.4, -0.2) is 15.3 Å².